The van der Waals surface area contributed by atoms with Gasteiger partial charge in [0.15, 0.2) is 0 Å². The van der Waals surface area contributed by atoms with Crippen molar-refractivity contribution in [2.24, 2.45) is 0 Å². The lowest BCUT2D eigenvalue weighted by atomic mass is 9.94. The number of halogens is 1. The van der Waals surface area contributed by atoms with Crippen LogP contribution in [0, 0.1) is 5.82 Å². The molecule has 0 spiro atoms. The summed E-state index contributed by atoms with van der Waals surface area (Å²) >= 11 is 1.88. The van der Waals surface area contributed by atoms with E-state index in [2.05, 4.69) is 17.6 Å². The number of nitrogens with one attached hydrogen (secondary N) is 1. The Bertz CT molecular complexity index is 365. The molecule has 1 unspecified atom stereocenters. The van der Waals surface area contributed by atoms with Crippen molar-refractivity contribution in [3.05, 3.63) is 35.6 Å². The van der Waals surface area contributed by atoms with Gasteiger partial charge < -0.3 is 5.32 Å². The lowest BCUT2D eigenvalue weighted by molar-refractivity contribution is 0.539. The van der Waals surface area contributed by atoms with Crippen molar-refractivity contribution >= 4 is 11.8 Å². The first kappa shape index (κ1) is 13.9. The summed E-state index contributed by atoms with van der Waals surface area (Å²) in [7, 11) is 0. The van der Waals surface area contributed by atoms with E-state index in [1.165, 1.54) is 31.1 Å². The molecule has 0 aliphatic heterocycles. The van der Waals surface area contributed by atoms with Crippen LogP contribution in [0.15, 0.2) is 24.3 Å². The quantitative estimate of drug-likeness (QED) is 0.719. The average Bonchev–Trinajstić information content (AvgIpc) is 3.17. The van der Waals surface area contributed by atoms with E-state index in [0.717, 1.165) is 24.6 Å². The van der Waals surface area contributed by atoms with Crippen molar-refractivity contribution in [2.75, 3.05) is 18.6 Å². The van der Waals surface area contributed by atoms with Crippen LogP contribution in [-0.2, 0) is 0 Å². The van der Waals surface area contributed by atoms with Crippen LogP contribution in [0.3, 0.4) is 0 Å². The molecule has 3 heteroatoms. The topological polar surface area (TPSA) is 12.0 Å². The number of hydrogen-bond donors (Lipinski definition) is 1. The Hall–Kier alpha value is -0.540. The van der Waals surface area contributed by atoms with Gasteiger partial charge in [-0.15, -0.1) is 0 Å². The van der Waals surface area contributed by atoms with Crippen LogP contribution in [0.2, 0.25) is 0 Å². The van der Waals surface area contributed by atoms with Crippen molar-refractivity contribution < 1.29 is 4.39 Å². The molecule has 1 saturated carbocycles. The molecule has 0 saturated heterocycles. The zero-order valence-electron chi connectivity index (χ0n) is 11.0. The standard InChI is InChI=1S/C15H22FNS/c1-18-9-3-5-13(11-17-15-7-8-15)12-4-2-6-14(16)10-12/h2,4,6,10,13,15,17H,3,5,7-9,11H2,1H3. The zero-order valence-corrected chi connectivity index (χ0v) is 11.8. The second kappa shape index (κ2) is 7.15. The smallest absolute Gasteiger partial charge is 0.123 e. The summed E-state index contributed by atoms with van der Waals surface area (Å²) in [6.07, 6.45) is 7.10. The monoisotopic (exact) mass is 267 g/mol. The molecule has 1 aliphatic carbocycles. The highest BCUT2D eigenvalue weighted by Gasteiger charge is 2.22. The first-order valence-electron chi connectivity index (χ1n) is 6.77. The van der Waals surface area contributed by atoms with Crippen LogP contribution < -0.4 is 5.32 Å². The molecule has 0 bridgehead atoms. The molecular formula is C15H22FNS. The fraction of sp³-hybridized carbons (Fsp3) is 0.600. The van der Waals surface area contributed by atoms with Gasteiger partial charge in [0.25, 0.3) is 0 Å². The van der Waals surface area contributed by atoms with E-state index in [1.54, 1.807) is 6.07 Å². The number of rotatable bonds is 8. The normalized spacial score (nSPS) is 16.8. The van der Waals surface area contributed by atoms with Crippen LogP contribution >= 0.6 is 11.8 Å². The fourth-order valence-corrected chi connectivity index (χ4v) is 2.67. The van der Waals surface area contributed by atoms with Gasteiger partial charge in [-0.3, -0.25) is 0 Å². The summed E-state index contributed by atoms with van der Waals surface area (Å²) in [5, 5.41) is 3.57. The third-order valence-electron chi connectivity index (χ3n) is 3.45. The molecule has 1 aromatic carbocycles. The Balaban J connectivity index is 1.92. The molecule has 2 rings (SSSR count). The van der Waals surface area contributed by atoms with Gasteiger partial charge in [0.05, 0.1) is 0 Å². The molecule has 1 aliphatic rings. The van der Waals surface area contributed by atoms with E-state index in [9.17, 15) is 4.39 Å². The molecule has 1 atom stereocenters. The van der Waals surface area contributed by atoms with Crippen LogP contribution in [-0.4, -0.2) is 24.6 Å². The van der Waals surface area contributed by atoms with Crippen LogP contribution in [0.5, 0.6) is 0 Å². The molecule has 100 valence electrons. The van der Waals surface area contributed by atoms with Crippen LogP contribution in [0.25, 0.3) is 0 Å². The molecule has 0 heterocycles. The Morgan fingerprint density at radius 1 is 1.44 bits per heavy atom. The maximum Gasteiger partial charge on any atom is 0.123 e. The highest BCUT2D eigenvalue weighted by Crippen LogP contribution is 2.25. The Morgan fingerprint density at radius 2 is 2.28 bits per heavy atom. The minimum atomic E-state index is -0.117. The number of thioether (sulfide) groups is 1. The Labute approximate surface area is 114 Å². The van der Waals surface area contributed by atoms with E-state index < -0.39 is 0 Å². The maximum absolute atomic E-state index is 13.3. The lowest BCUT2D eigenvalue weighted by Crippen LogP contribution is -2.23. The van der Waals surface area contributed by atoms with Gasteiger partial charge in [0.1, 0.15) is 5.82 Å². The molecule has 0 radical (unpaired) electrons. The van der Waals surface area contributed by atoms with E-state index in [4.69, 9.17) is 0 Å². The van der Waals surface area contributed by atoms with Gasteiger partial charge >= 0.3 is 0 Å². The first-order valence-corrected chi connectivity index (χ1v) is 8.17. The van der Waals surface area contributed by atoms with Gasteiger partial charge in [0, 0.05) is 12.6 Å². The largest absolute Gasteiger partial charge is 0.313 e. The van der Waals surface area contributed by atoms with Crippen molar-refractivity contribution in [1.82, 2.24) is 5.32 Å². The van der Waals surface area contributed by atoms with Gasteiger partial charge in [-0.1, -0.05) is 12.1 Å². The van der Waals surface area contributed by atoms with Crippen LogP contribution in [0.4, 0.5) is 4.39 Å². The van der Waals surface area contributed by atoms with E-state index in [-0.39, 0.29) is 5.82 Å². The van der Waals surface area contributed by atoms with Crippen LogP contribution in [0.1, 0.15) is 37.2 Å². The van der Waals surface area contributed by atoms with Crippen molar-refractivity contribution in [3.63, 3.8) is 0 Å². The SMILES string of the molecule is CSCCCC(CNC1CC1)c1cccc(F)c1. The molecule has 0 aromatic heterocycles. The van der Waals surface area contributed by atoms with Crippen molar-refractivity contribution in [3.8, 4) is 0 Å². The lowest BCUT2D eigenvalue weighted by Gasteiger charge is -2.18. The molecule has 1 fully saturated rings. The third-order valence-corrected chi connectivity index (χ3v) is 4.15. The second-order valence-electron chi connectivity index (χ2n) is 5.07. The minimum Gasteiger partial charge on any atom is -0.313 e. The molecular weight excluding hydrogens is 245 g/mol. The highest BCUT2D eigenvalue weighted by molar-refractivity contribution is 7.98. The first-order chi connectivity index (χ1) is 8.79. The molecule has 1 N–H and O–H groups in total. The second-order valence-corrected chi connectivity index (χ2v) is 6.06. The van der Waals surface area contributed by atoms with E-state index in [0.29, 0.717) is 5.92 Å². The minimum absolute atomic E-state index is 0.117. The summed E-state index contributed by atoms with van der Waals surface area (Å²) in [6, 6.07) is 7.82. The number of hydrogen-bond acceptors (Lipinski definition) is 2. The molecule has 1 nitrogen and oxygen atoms in total. The van der Waals surface area contributed by atoms with Crippen molar-refractivity contribution in [2.45, 2.75) is 37.6 Å². The molecule has 0 amide bonds. The summed E-state index contributed by atoms with van der Waals surface area (Å²) in [5.74, 6) is 1.53. The zero-order chi connectivity index (χ0) is 12.8. The third kappa shape index (κ3) is 4.62. The molecule has 18 heavy (non-hydrogen) atoms. The highest BCUT2D eigenvalue weighted by atomic mass is 32.2. The summed E-state index contributed by atoms with van der Waals surface area (Å²) in [6.45, 7) is 0.989. The van der Waals surface area contributed by atoms with E-state index in [1.807, 2.05) is 17.8 Å². The Morgan fingerprint density at radius 3 is 2.94 bits per heavy atom. The van der Waals surface area contributed by atoms with Crippen molar-refractivity contribution in [1.29, 1.82) is 0 Å². The van der Waals surface area contributed by atoms with Gasteiger partial charge in [-0.05, 0) is 61.3 Å². The summed E-state index contributed by atoms with van der Waals surface area (Å²) < 4.78 is 13.3. The summed E-state index contributed by atoms with van der Waals surface area (Å²) in [4.78, 5) is 0. The molecule has 1 aromatic rings. The maximum atomic E-state index is 13.3. The summed E-state index contributed by atoms with van der Waals surface area (Å²) in [5.41, 5.74) is 1.14. The Kier molecular flexibility index (Phi) is 5.51. The van der Waals surface area contributed by atoms with E-state index >= 15 is 0 Å². The van der Waals surface area contributed by atoms with Gasteiger partial charge in [-0.2, -0.15) is 11.8 Å². The predicted octanol–water partition coefficient (Wildman–Crippen LogP) is 3.80. The predicted molar refractivity (Wildman–Crippen MR) is 77.8 cm³/mol. The van der Waals surface area contributed by atoms with Gasteiger partial charge in [0.2, 0.25) is 0 Å². The number of benzene rings is 1. The van der Waals surface area contributed by atoms with Gasteiger partial charge in [-0.25, -0.2) is 4.39 Å². The average molecular weight is 267 g/mol. The fourth-order valence-electron chi connectivity index (χ4n) is 2.22.